The minimum absolute atomic E-state index is 0.159. The van der Waals surface area contributed by atoms with Crippen LogP contribution in [0.2, 0.25) is 0 Å². The van der Waals surface area contributed by atoms with Crippen LogP contribution in [-0.4, -0.2) is 38.3 Å². The summed E-state index contributed by atoms with van der Waals surface area (Å²) in [6.45, 7) is 2.23. The summed E-state index contributed by atoms with van der Waals surface area (Å²) in [4.78, 5) is 30.3. The highest BCUT2D eigenvalue weighted by Gasteiger charge is 2.19. The third-order valence-corrected chi connectivity index (χ3v) is 7.94. The second kappa shape index (κ2) is 10.9. The largest absolute Gasteiger partial charge is 0.372 e. The van der Waals surface area contributed by atoms with E-state index < -0.39 is 0 Å². The lowest BCUT2D eigenvalue weighted by Gasteiger charge is -2.17. The van der Waals surface area contributed by atoms with E-state index in [1.807, 2.05) is 64.5 Å². The summed E-state index contributed by atoms with van der Waals surface area (Å²) in [6.07, 6.45) is 6.26. The zero-order valence-corrected chi connectivity index (χ0v) is 23.0. The molecule has 6 aromatic rings. The van der Waals surface area contributed by atoms with Crippen LogP contribution in [0.1, 0.15) is 23.2 Å². The Kier molecular flexibility index (Phi) is 6.62. The molecule has 0 radical (unpaired) electrons. The Morgan fingerprint density at radius 2 is 1.68 bits per heavy atom. The van der Waals surface area contributed by atoms with Gasteiger partial charge in [0, 0.05) is 59.1 Å². The van der Waals surface area contributed by atoms with Gasteiger partial charge in [-0.05, 0) is 67.4 Å². The molecule has 9 heteroatoms. The van der Waals surface area contributed by atoms with E-state index in [4.69, 9.17) is 9.97 Å². The summed E-state index contributed by atoms with van der Waals surface area (Å²) in [7, 11) is 0. The molecule has 8 nitrogen and oxygen atoms in total. The molecule has 0 unspecified atom stereocenters. The van der Waals surface area contributed by atoms with Gasteiger partial charge in [-0.25, -0.2) is 15.0 Å². The van der Waals surface area contributed by atoms with Gasteiger partial charge in [0.2, 0.25) is 5.95 Å². The summed E-state index contributed by atoms with van der Waals surface area (Å²) in [5.41, 5.74) is 6.75. The van der Waals surface area contributed by atoms with E-state index in [1.165, 1.54) is 18.5 Å². The Bertz CT molecular complexity index is 1820. The lowest BCUT2D eigenvalue weighted by molar-refractivity contribution is 0.102. The van der Waals surface area contributed by atoms with Crippen molar-refractivity contribution in [3.63, 3.8) is 0 Å². The smallest absolute Gasteiger partial charge is 0.255 e. The third kappa shape index (κ3) is 5.15. The molecule has 0 bridgehead atoms. The molecule has 2 N–H and O–H groups in total. The second-order valence-electron chi connectivity index (χ2n) is 9.90. The van der Waals surface area contributed by atoms with Crippen molar-refractivity contribution in [3.8, 4) is 22.6 Å². The Morgan fingerprint density at radius 1 is 0.854 bits per heavy atom. The predicted molar refractivity (Wildman–Crippen MR) is 165 cm³/mol. The van der Waals surface area contributed by atoms with Crippen molar-refractivity contribution in [3.05, 3.63) is 108 Å². The fraction of sp³-hybridized carbons (Fsp3) is 0.125. The average molecular weight is 558 g/mol. The molecule has 1 amide bonds. The number of carbonyl (C=O) groups excluding carboxylic acids is 1. The number of imidazole rings is 1. The van der Waals surface area contributed by atoms with Crippen LogP contribution in [-0.2, 0) is 0 Å². The number of hydrogen-bond donors (Lipinski definition) is 2. The van der Waals surface area contributed by atoms with E-state index >= 15 is 0 Å². The molecule has 3 aromatic carbocycles. The topological polar surface area (TPSA) is 87.5 Å². The fourth-order valence-electron chi connectivity index (χ4n) is 5.18. The molecule has 0 spiro atoms. The minimum atomic E-state index is -0.159. The van der Waals surface area contributed by atoms with Crippen molar-refractivity contribution in [2.45, 2.75) is 12.8 Å². The van der Waals surface area contributed by atoms with E-state index in [0.717, 1.165) is 46.4 Å². The summed E-state index contributed by atoms with van der Waals surface area (Å²) in [5.74, 6) is 0.352. The van der Waals surface area contributed by atoms with Gasteiger partial charge in [0.25, 0.3) is 5.91 Å². The molecule has 1 saturated heterocycles. The first-order chi connectivity index (χ1) is 20.2. The number of fused-ring (bicyclic) bond motifs is 1. The molecule has 41 heavy (non-hydrogen) atoms. The molecule has 3 aromatic heterocycles. The van der Waals surface area contributed by atoms with Gasteiger partial charge in [0.05, 0.1) is 11.4 Å². The summed E-state index contributed by atoms with van der Waals surface area (Å²) in [6, 6.07) is 27.2. The number of amides is 1. The Labute approximate surface area is 241 Å². The molecule has 202 valence electrons. The number of nitrogens with zero attached hydrogens (tertiary/aromatic N) is 5. The van der Waals surface area contributed by atoms with Crippen LogP contribution >= 0.6 is 11.3 Å². The Morgan fingerprint density at radius 3 is 2.51 bits per heavy atom. The van der Waals surface area contributed by atoms with Crippen LogP contribution in [0, 0.1) is 0 Å². The van der Waals surface area contributed by atoms with Crippen LogP contribution < -0.4 is 15.5 Å². The maximum Gasteiger partial charge on any atom is 0.255 e. The van der Waals surface area contributed by atoms with Crippen LogP contribution in [0.15, 0.2) is 103 Å². The van der Waals surface area contributed by atoms with Gasteiger partial charge in [0.15, 0.2) is 4.96 Å². The molecule has 1 aliphatic rings. The van der Waals surface area contributed by atoms with Gasteiger partial charge in [-0.3, -0.25) is 9.20 Å². The second-order valence-corrected chi connectivity index (χ2v) is 10.8. The average Bonchev–Trinajstić information content (AvgIpc) is 3.77. The van der Waals surface area contributed by atoms with Gasteiger partial charge in [-0.1, -0.05) is 30.3 Å². The number of hydrogen-bond acceptors (Lipinski definition) is 7. The first kappa shape index (κ1) is 25.0. The minimum Gasteiger partial charge on any atom is -0.372 e. The number of aromatic nitrogens is 4. The van der Waals surface area contributed by atoms with E-state index in [1.54, 1.807) is 29.7 Å². The zero-order chi connectivity index (χ0) is 27.6. The molecule has 1 aliphatic heterocycles. The quantitative estimate of drug-likeness (QED) is 0.217. The molecule has 0 saturated carbocycles. The first-order valence-corrected chi connectivity index (χ1v) is 14.5. The highest BCUT2D eigenvalue weighted by Crippen LogP contribution is 2.35. The SMILES string of the molecule is O=C(Nc1cccc(-c2nc3sccn3c2-c2ccnc(Nc3ccc(N4CCCC4)cc3)n2)c1)c1ccccc1. The number of rotatable bonds is 7. The van der Waals surface area contributed by atoms with E-state index in [0.29, 0.717) is 17.2 Å². The van der Waals surface area contributed by atoms with Gasteiger partial charge >= 0.3 is 0 Å². The number of nitrogens with one attached hydrogen (secondary N) is 2. The fourth-order valence-corrected chi connectivity index (χ4v) is 5.89. The van der Waals surface area contributed by atoms with E-state index in [9.17, 15) is 4.79 Å². The number of thiazole rings is 1. The van der Waals surface area contributed by atoms with Crippen molar-refractivity contribution in [2.75, 3.05) is 28.6 Å². The predicted octanol–water partition coefficient (Wildman–Crippen LogP) is 7.12. The van der Waals surface area contributed by atoms with Gasteiger partial charge in [0.1, 0.15) is 5.69 Å². The molecule has 7 rings (SSSR count). The van der Waals surface area contributed by atoms with Crippen LogP contribution in [0.5, 0.6) is 0 Å². The first-order valence-electron chi connectivity index (χ1n) is 13.6. The maximum atomic E-state index is 12.8. The number of anilines is 4. The number of carbonyl (C=O) groups is 1. The lowest BCUT2D eigenvalue weighted by atomic mass is 10.1. The monoisotopic (exact) mass is 557 g/mol. The van der Waals surface area contributed by atoms with Crippen LogP contribution in [0.4, 0.5) is 23.0 Å². The Balaban J connectivity index is 1.19. The highest BCUT2D eigenvalue weighted by molar-refractivity contribution is 7.15. The van der Waals surface area contributed by atoms with Crippen molar-refractivity contribution < 1.29 is 4.79 Å². The summed E-state index contributed by atoms with van der Waals surface area (Å²) < 4.78 is 2.05. The lowest BCUT2D eigenvalue weighted by Crippen LogP contribution is -2.17. The molecular formula is C32H27N7OS. The summed E-state index contributed by atoms with van der Waals surface area (Å²) >= 11 is 1.56. The van der Waals surface area contributed by atoms with Gasteiger partial charge in [-0.2, -0.15) is 0 Å². The molecule has 1 fully saturated rings. The zero-order valence-electron chi connectivity index (χ0n) is 22.2. The molecule has 4 heterocycles. The van der Waals surface area contributed by atoms with E-state index in [-0.39, 0.29) is 5.91 Å². The normalized spacial score (nSPS) is 13.0. The molecule has 0 aliphatic carbocycles. The maximum absolute atomic E-state index is 12.8. The van der Waals surface area contributed by atoms with Crippen molar-refractivity contribution in [2.24, 2.45) is 0 Å². The molecule has 0 atom stereocenters. The summed E-state index contributed by atoms with van der Waals surface area (Å²) in [5, 5.41) is 8.37. The van der Waals surface area contributed by atoms with Crippen LogP contribution in [0.25, 0.3) is 27.6 Å². The molecular weight excluding hydrogens is 530 g/mol. The van der Waals surface area contributed by atoms with Crippen LogP contribution in [0.3, 0.4) is 0 Å². The Hall–Kier alpha value is -5.02. The third-order valence-electron chi connectivity index (χ3n) is 7.18. The van der Waals surface area contributed by atoms with Crippen molar-refractivity contribution >= 4 is 45.2 Å². The number of benzene rings is 3. The standard InChI is InChI=1S/C32H27N7OS/c40-30(22-7-2-1-3-8-22)34-25-10-6-9-23(21-25)28-29(39-19-20-41-32(39)37-28)27-15-16-33-31(36-27)35-24-11-13-26(14-12-24)38-17-4-5-18-38/h1-3,6-16,19-21H,4-5,17-18H2,(H,34,40)(H,33,35,36). The van der Waals surface area contributed by atoms with Gasteiger partial charge < -0.3 is 15.5 Å². The van der Waals surface area contributed by atoms with E-state index in [2.05, 4.69) is 44.8 Å². The van der Waals surface area contributed by atoms with Crippen molar-refractivity contribution in [1.29, 1.82) is 0 Å². The van der Waals surface area contributed by atoms with Gasteiger partial charge in [-0.15, -0.1) is 11.3 Å². The van der Waals surface area contributed by atoms with Crippen molar-refractivity contribution in [1.82, 2.24) is 19.4 Å². The highest BCUT2D eigenvalue weighted by atomic mass is 32.1.